The van der Waals surface area contributed by atoms with Crippen molar-refractivity contribution in [1.29, 1.82) is 0 Å². The monoisotopic (exact) mass is 301 g/mol. The van der Waals surface area contributed by atoms with Gasteiger partial charge in [0.1, 0.15) is 5.52 Å². The van der Waals surface area contributed by atoms with E-state index in [0.717, 1.165) is 15.5 Å². The maximum absolute atomic E-state index is 11.1. The summed E-state index contributed by atoms with van der Waals surface area (Å²) in [5.74, 6) is 0.329. The summed E-state index contributed by atoms with van der Waals surface area (Å²) in [4.78, 5) is 0. The van der Waals surface area contributed by atoms with Crippen LogP contribution in [0.2, 0.25) is 0 Å². The van der Waals surface area contributed by atoms with Gasteiger partial charge in [-0.3, -0.25) is 0 Å². The second kappa shape index (κ2) is 3.27. The molecule has 1 aliphatic heterocycles. The number of benzene rings is 1. The zero-order valence-electron chi connectivity index (χ0n) is 8.17. The van der Waals surface area contributed by atoms with E-state index in [4.69, 9.17) is 0 Å². The van der Waals surface area contributed by atoms with Crippen LogP contribution < -0.4 is 0 Å². The average molecular weight is 302 g/mol. The molecular weight excluding hydrogens is 294 g/mol. The highest BCUT2D eigenvalue weighted by molar-refractivity contribution is 9.10. The number of hydrogen-bond donors (Lipinski definition) is 0. The Kier molecular flexibility index (Phi) is 2.09. The molecule has 5 nitrogen and oxygen atoms in total. The number of halogens is 1. The van der Waals surface area contributed by atoms with Crippen LogP contribution in [0.1, 0.15) is 6.04 Å². The standard InChI is InChI=1S/C9H8BrN3O2S/c10-6-1-2-8-9(3-6)13(12-11-8)7-4-16(14,15)5-7/h1-3,7H,4-5H2. The van der Waals surface area contributed by atoms with Crippen molar-refractivity contribution in [3.8, 4) is 0 Å². The summed E-state index contributed by atoms with van der Waals surface area (Å²) in [5.41, 5.74) is 1.65. The predicted molar refractivity (Wildman–Crippen MR) is 62.9 cm³/mol. The average Bonchev–Trinajstić information content (AvgIpc) is 2.56. The Morgan fingerprint density at radius 2 is 2.12 bits per heavy atom. The molecule has 0 bridgehead atoms. The van der Waals surface area contributed by atoms with Gasteiger partial charge in [-0.25, -0.2) is 13.1 Å². The quantitative estimate of drug-likeness (QED) is 0.793. The first-order chi connectivity index (χ1) is 7.55. The van der Waals surface area contributed by atoms with Crippen molar-refractivity contribution < 1.29 is 8.42 Å². The second-order valence-corrected chi connectivity index (χ2v) is 6.97. The van der Waals surface area contributed by atoms with Gasteiger partial charge < -0.3 is 0 Å². The number of aromatic nitrogens is 3. The normalized spacial score (nSPS) is 19.8. The van der Waals surface area contributed by atoms with E-state index in [9.17, 15) is 8.42 Å². The van der Waals surface area contributed by atoms with E-state index in [1.807, 2.05) is 18.2 Å². The third kappa shape index (κ3) is 1.54. The molecule has 0 radical (unpaired) electrons. The summed E-state index contributed by atoms with van der Waals surface area (Å²) >= 11 is 3.38. The van der Waals surface area contributed by atoms with Crippen LogP contribution in [0.4, 0.5) is 0 Å². The van der Waals surface area contributed by atoms with E-state index >= 15 is 0 Å². The molecule has 3 rings (SSSR count). The van der Waals surface area contributed by atoms with E-state index in [2.05, 4.69) is 26.2 Å². The van der Waals surface area contributed by atoms with Gasteiger partial charge >= 0.3 is 0 Å². The summed E-state index contributed by atoms with van der Waals surface area (Å²) in [5, 5.41) is 8.01. The van der Waals surface area contributed by atoms with Crippen LogP contribution in [-0.4, -0.2) is 34.9 Å². The van der Waals surface area contributed by atoms with Crippen molar-refractivity contribution >= 4 is 36.8 Å². The summed E-state index contributed by atoms with van der Waals surface area (Å²) in [7, 11) is -2.84. The Labute approximate surface area is 100 Å². The van der Waals surface area contributed by atoms with Gasteiger partial charge in [0, 0.05) is 4.47 Å². The molecule has 0 spiro atoms. The van der Waals surface area contributed by atoms with Crippen LogP contribution >= 0.6 is 15.9 Å². The van der Waals surface area contributed by atoms with Crippen LogP contribution in [-0.2, 0) is 9.84 Å². The van der Waals surface area contributed by atoms with Gasteiger partial charge in [0.05, 0.1) is 23.1 Å². The van der Waals surface area contributed by atoms with Crippen LogP contribution in [0, 0.1) is 0 Å². The lowest BCUT2D eigenvalue weighted by atomic mass is 10.3. The number of sulfone groups is 1. The Balaban J connectivity index is 2.08. The van der Waals surface area contributed by atoms with Crippen LogP contribution in [0.25, 0.3) is 11.0 Å². The lowest BCUT2D eigenvalue weighted by Gasteiger charge is -2.25. The fourth-order valence-electron chi connectivity index (χ4n) is 1.86. The maximum Gasteiger partial charge on any atom is 0.154 e. The highest BCUT2D eigenvalue weighted by atomic mass is 79.9. The molecule has 16 heavy (non-hydrogen) atoms. The van der Waals surface area contributed by atoms with Gasteiger partial charge in [-0.15, -0.1) is 5.10 Å². The zero-order chi connectivity index (χ0) is 11.3. The fraction of sp³-hybridized carbons (Fsp3) is 0.333. The van der Waals surface area contributed by atoms with Gasteiger partial charge in [-0.2, -0.15) is 0 Å². The van der Waals surface area contributed by atoms with E-state index < -0.39 is 9.84 Å². The van der Waals surface area contributed by atoms with Crippen molar-refractivity contribution in [3.05, 3.63) is 22.7 Å². The third-order valence-corrected chi connectivity index (χ3v) is 4.95. The number of rotatable bonds is 1. The second-order valence-electron chi connectivity index (χ2n) is 3.90. The van der Waals surface area contributed by atoms with Gasteiger partial charge in [0.2, 0.25) is 0 Å². The van der Waals surface area contributed by atoms with Crippen molar-refractivity contribution in [3.63, 3.8) is 0 Å². The lowest BCUT2D eigenvalue weighted by Crippen LogP contribution is -2.38. The van der Waals surface area contributed by atoms with Crippen LogP contribution in [0.5, 0.6) is 0 Å². The minimum absolute atomic E-state index is 0.0655. The molecule has 0 amide bonds. The van der Waals surface area contributed by atoms with Crippen LogP contribution in [0.15, 0.2) is 22.7 Å². The molecule has 1 saturated heterocycles. The highest BCUT2D eigenvalue weighted by Crippen LogP contribution is 2.27. The molecule has 1 aromatic carbocycles. The first kappa shape index (κ1) is 10.2. The first-order valence-corrected chi connectivity index (χ1v) is 7.37. The molecule has 84 valence electrons. The van der Waals surface area contributed by atoms with Crippen molar-refractivity contribution in [2.45, 2.75) is 6.04 Å². The van der Waals surface area contributed by atoms with Crippen LogP contribution in [0.3, 0.4) is 0 Å². The molecule has 1 fully saturated rings. The molecule has 2 aromatic rings. The van der Waals surface area contributed by atoms with Crippen molar-refractivity contribution in [2.75, 3.05) is 11.5 Å². The molecular formula is C9H8BrN3O2S. The third-order valence-electron chi connectivity index (χ3n) is 2.67. The van der Waals surface area contributed by atoms with Crippen molar-refractivity contribution in [1.82, 2.24) is 15.0 Å². The Morgan fingerprint density at radius 1 is 1.38 bits per heavy atom. The van der Waals surface area contributed by atoms with Crippen molar-refractivity contribution in [2.24, 2.45) is 0 Å². The van der Waals surface area contributed by atoms with E-state index in [1.54, 1.807) is 4.68 Å². The van der Waals surface area contributed by atoms with E-state index in [0.29, 0.717) is 0 Å². The molecule has 0 unspecified atom stereocenters. The molecule has 0 aliphatic carbocycles. The Morgan fingerprint density at radius 3 is 2.81 bits per heavy atom. The molecule has 7 heteroatoms. The minimum Gasteiger partial charge on any atom is -0.239 e. The topological polar surface area (TPSA) is 64.8 Å². The fourth-order valence-corrected chi connectivity index (χ4v) is 3.56. The molecule has 2 heterocycles. The molecule has 1 aromatic heterocycles. The van der Waals surface area contributed by atoms with Gasteiger partial charge in [-0.05, 0) is 18.2 Å². The predicted octanol–water partition coefficient (Wildman–Crippen LogP) is 1.16. The SMILES string of the molecule is O=S1(=O)CC(n2nnc3ccc(Br)cc32)C1. The summed E-state index contributed by atoms with van der Waals surface area (Å²) < 4.78 is 24.9. The molecule has 0 N–H and O–H groups in total. The van der Waals surface area contributed by atoms with Gasteiger partial charge in [0.25, 0.3) is 0 Å². The largest absolute Gasteiger partial charge is 0.239 e. The zero-order valence-corrected chi connectivity index (χ0v) is 10.6. The highest BCUT2D eigenvalue weighted by Gasteiger charge is 2.36. The maximum atomic E-state index is 11.1. The van der Waals surface area contributed by atoms with Gasteiger partial charge in [-0.1, -0.05) is 21.1 Å². The molecule has 0 saturated carbocycles. The summed E-state index contributed by atoms with van der Waals surface area (Å²) in [6.45, 7) is 0. The number of nitrogens with zero attached hydrogens (tertiary/aromatic N) is 3. The minimum atomic E-state index is -2.84. The number of fused-ring (bicyclic) bond motifs is 1. The number of hydrogen-bond acceptors (Lipinski definition) is 4. The van der Waals surface area contributed by atoms with Gasteiger partial charge in [0.15, 0.2) is 9.84 Å². The Bertz CT molecular complexity index is 652. The summed E-state index contributed by atoms with van der Waals surface area (Å²) in [6.07, 6.45) is 0. The lowest BCUT2D eigenvalue weighted by molar-refractivity contribution is 0.473. The first-order valence-electron chi connectivity index (χ1n) is 4.76. The summed E-state index contributed by atoms with van der Waals surface area (Å²) in [6, 6.07) is 5.58. The van der Waals surface area contributed by atoms with E-state index in [-0.39, 0.29) is 17.5 Å². The Hall–Kier alpha value is -0.950. The van der Waals surface area contributed by atoms with E-state index in [1.165, 1.54) is 0 Å². The smallest absolute Gasteiger partial charge is 0.154 e. The molecule has 1 aliphatic rings. The molecule has 0 atom stereocenters.